The monoisotopic (exact) mass is 929 g/mol. The van der Waals surface area contributed by atoms with Crippen molar-refractivity contribution in [2.75, 3.05) is 0 Å². The van der Waals surface area contributed by atoms with Gasteiger partial charge in [0, 0.05) is 0 Å². The molecule has 8 aliphatic carbocycles. The summed E-state index contributed by atoms with van der Waals surface area (Å²) in [6, 6.07) is 0. The predicted molar refractivity (Wildman–Crippen MR) is 285 cm³/mol. The molecule has 0 aromatic rings. The van der Waals surface area contributed by atoms with Crippen LogP contribution in [-0.4, -0.2) is 33.6 Å². The van der Waals surface area contributed by atoms with E-state index < -0.39 is 0 Å². The zero-order valence-corrected chi connectivity index (χ0v) is 48.0. The number of hydrogen-bond acceptors (Lipinski definition) is 3. The molecule has 0 aromatic carbocycles. The highest BCUT2D eigenvalue weighted by Gasteiger charge is 2.73. The molecule has 8 rings (SSSR count). The summed E-state index contributed by atoms with van der Waals surface area (Å²) in [6.07, 6.45) is 25.0. The Bertz CT molecular complexity index is 1840. The van der Waals surface area contributed by atoms with Crippen LogP contribution in [0.25, 0.3) is 0 Å². The summed E-state index contributed by atoms with van der Waals surface area (Å²) in [7, 11) is 0. The van der Waals surface area contributed by atoms with Crippen molar-refractivity contribution in [1.82, 2.24) is 0 Å². The van der Waals surface area contributed by atoms with E-state index in [1.165, 1.54) is 88.2 Å². The van der Waals surface area contributed by atoms with E-state index >= 15 is 0 Å². The Hall–Kier alpha value is -0.640. The van der Waals surface area contributed by atoms with Gasteiger partial charge in [-0.2, -0.15) is 0 Å². The molecule has 3 nitrogen and oxygen atoms in total. The normalized spacial score (nSPS) is 49.6. The van der Waals surface area contributed by atoms with Crippen molar-refractivity contribution in [3.8, 4) is 0 Å². The fraction of sp³-hybridized carbons (Fsp3) is 0.938. The van der Waals surface area contributed by atoms with Crippen LogP contribution in [0.1, 0.15) is 248 Å². The van der Waals surface area contributed by atoms with E-state index in [1.54, 1.807) is 0 Å². The van der Waals surface area contributed by atoms with Crippen molar-refractivity contribution in [1.29, 1.82) is 0 Å². The van der Waals surface area contributed by atoms with E-state index in [2.05, 4.69) is 151 Å². The summed E-state index contributed by atoms with van der Waals surface area (Å²) in [5.74, 6) is 6.07. The van der Waals surface area contributed by atoms with Gasteiger partial charge in [0.25, 0.3) is 0 Å². The maximum absolute atomic E-state index is 11.9. The molecule has 0 aromatic heterocycles. The van der Waals surface area contributed by atoms with Crippen molar-refractivity contribution in [3.05, 3.63) is 23.3 Å². The molecule has 0 bridgehead atoms. The fourth-order valence-electron chi connectivity index (χ4n) is 22.1. The maximum Gasteiger partial charge on any atom is 0.0594 e. The van der Waals surface area contributed by atoms with E-state index in [9.17, 15) is 15.3 Å². The van der Waals surface area contributed by atoms with Crippen LogP contribution in [0.2, 0.25) is 0 Å². The van der Waals surface area contributed by atoms with Crippen molar-refractivity contribution >= 4 is 0 Å². The first-order valence-corrected chi connectivity index (χ1v) is 28.9. The molecule has 0 heterocycles. The minimum absolute atomic E-state index is 0.0540. The molecule has 386 valence electrons. The summed E-state index contributed by atoms with van der Waals surface area (Å²) >= 11 is 0. The SMILES string of the molecule is CC(C)=CCCC(C)(C)C1CC[C@]2(C)C1[C@H](O)CC1[C@@]3(C)CCC(C)C(C)(C)C3CC[C@]12C.CC(C)=CCCC(C)(C)C1CC[C@]2(C)C1[C@H](O)CC1[C@@]3(C)CC[C@H](O)C(C)(C)C3[C@@H](C)C[C@]12C. The third kappa shape index (κ3) is 8.25. The minimum Gasteiger partial charge on any atom is -0.393 e. The van der Waals surface area contributed by atoms with E-state index in [4.69, 9.17) is 0 Å². The van der Waals surface area contributed by atoms with Crippen LogP contribution in [0.5, 0.6) is 0 Å². The molecule has 0 spiro atoms. The summed E-state index contributed by atoms with van der Waals surface area (Å²) in [6.45, 7) is 49.3. The summed E-state index contributed by atoms with van der Waals surface area (Å²) < 4.78 is 0. The maximum atomic E-state index is 11.9. The van der Waals surface area contributed by atoms with Gasteiger partial charge in [-0.15, -0.1) is 0 Å². The van der Waals surface area contributed by atoms with Gasteiger partial charge in [0.2, 0.25) is 0 Å². The fourth-order valence-corrected chi connectivity index (χ4v) is 22.1. The summed E-state index contributed by atoms with van der Waals surface area (Å²) in [4.78, 5) is 0. The molecule has 19 atom stereocenters. The lowest BCUT2D eigenvalue weighted by Crippen LogP contribution is -2.68. The quantitative estimate of drug-likeness (QED) is 0.213. The number of aliphatic hydroxyl groups is 3. The summed E-state index contributed by atoms with van der Waals surface area (Å²) in [5.41, 5.74) is 5.42. The first kappa shape index (κ1) is 54.1. The van der Waals surface area contributed by atoms with Crippen LogP contribution < -0.4 is 0 Å². The largest absolute Gasteiger partial charge is 0.393 e. The molecule has 0 amide bonds. The predicted octanol–water partition coefficient (Wildman–Crippen LogP) is 17.1. The molecule has 0 aliphatic heterocycles. The summed E-state index contributed by atoms with van der Waals surface area (Å²) in [5, 5.41) is 34.9. The van der Waals surface area contributed by atoms with Crippen LogP contribution in [0.4, 0.5) is 0 Å². The average Bonchev–Trinajstić information content (AvgIpc) is 3.78. The third-order valence-corrected chi connectivity index (χ3v) is 26.2. The standard InChI is InChI=1S/C32H56O2.C32H56O/c1-20(2)12-11-15-28(4,5)22-13-17-31(9)26(22)23(33)18-24-30(8)16-14-25(34)29(6,7)27(30)21(3)19-32(24,31)10;1-21(2)12-11-16-28(4,5)23-14-18-32(10)27(23)24(33)20-26-30(8)17-13-22(3)29(6,7)25(30)15-19-31(26,32)9/h12,21-27,33-34H,11,13-19H2,1-10H3;12,22-27,33H,11,13-20H2,1-10H3/t21-,22?,23+,24?,25-,26?,27?,30+,31+,32+;22?,23?,24-,25?,26?,27?,30+,31-,32-/m01/s1. The highest BCUT2D eigenvalue weighted by atomic mass is 16.3. The third-order valence-electron chi connectivity index (χ3n) is 26.2. The highest BCUT2D eigenvalue weighted by molar-refractivity contribution is 5.22. The lowest BCUT2D eigenvalue weighted by molar-refractivity contribution is -0.259. The van der Waals surface area contributed by atoms with Gasteiger partial charge in [-0.3, -0.25) is 0 Å². The van der Waals surface area contributed by atoms with E-state index in [1.807, 2.05) is 0 Å². The molecule has 67 heavy (non-hydrogen) atoms. The Balaban J connectivity index is 0.000000199. The van der Waals surface area contributed by atoms with E-state index in [-0.39, 0.29) is 50.8 Å². The Morgan fingerprint density at radius 2 is 0.940 bits per heavy atom. The molecule has 0 radical (unpaired) electrons. The number of fused-ring (bicyclic) bond motifs is 10. The second kappa shape index (κ2) is 17.8. The van der Waals surface area contributed by atoms with Crippen LogP contribution in [0, 0.1) is 113 Å². The Morgan fingerprint density at radius 1 is 0.507 bits per heavy atom. The van der Waals surface area contributed by atoms with Crippen molar-refractivity contribution in [2.45, 2.75) is 266 Å². The molecule has 3 heteroatoms. The zero-order chi connectivity index (χ0) is 50.1. The second-order valence-corrected chi connectivity index (χ2v) is 31.2. The second-order valence-electron chi connectivity index (χ2n) is 31.2. The van der Waals surface area contributed by atoms with Gasteiger partial charge < -0.3 is 15.3 Å². The zero-order valence-electron chi connectivity index (χ0n) is 48.0. The van der Waals surface area contributed by atoms with Gasteiger partial charge in [-0.1, -0.05) is 134 Å². The van der Waals surface area contributed by atoms with Crippen LogP contribution in [-0.2, 0) is 0 Å². The molecule has 8 saturated carbocycles. The molecular formula is C64H112O3. The molecule has 8 aliphatic rings. The van der Waals surface area contributed by atoms with Gasteiger partial charge in [-0.05, 0) is 250 Å². The molecule has 8 fully saturated rings. The van der Waals surface area contributed by atoms with Gasteiger partial charge in [0.05, 0.1) is 18.3 Å². The molecular weight excluding hydrogens is 817 g/mol. The van der Waals surface area contributed by atoms with Gasteiger partial charge in [0.1, 0.15) is 0 Å². The Morgan fingerprint density at radius 3 is 1.42 bits per heavy atom. The Labute approximate surface area is 416 Å². The van der Waals surface area contributed by atoms with Crippen molar-refractivity contribution in [2.24, 2.45) is 113 Å². The lowest BCUT2D eigenvalue weighted by atomic mass is 9.33. The lowest BCUT2D eigenvalue weighted by Gasteiger charge is -2.72. The molecule has 9 unspecified atom stereocenters. The van der Waals surface area contributed by atoms with Crippen molar-refractivity contribution < 1.29 is 15.3 Å². The Kier molecular flexibility index (Phi) is 14.4. The number of allylic oxidation sites excluding steroid dienone is 4. The van der Waals surface area contributed by atoms with Gasteiger partial charge in [0.15, 0.2) is 0 Å². The number of aliphatic hydroxyl groups excluding tert-OH is 3. The van der Waals surface area contributed by atoms with E-state index in [0.717, 1.165) is 43.9 Å². The first-order chi connectivity index (χ1) is 30.6. The highest BCUT2D eigenvalue weighted by Crippen LogP contribution is 2.79. The van der Waals surface area contributed by atoms with Crippen LogP contribution in [0.3, 0.4) is 0 Å². The van der Waals surface area contributed by atoms with Crippen LogP contribution >= 0.6 is 0 Å². The van der Waals surface area contributed by atoms with Crippen molar-refractivity contribution in [3.63, 3.8) is 0 Å². The van der Waals surface area contributed by atoms with Gasteiger partial charge in [-0.25, -0.2) is 0 Å². The number of hydrogen-bond donors (Lipinski definition) is 3. The van der Waals surface area contributed by atoms with E-state index in [0.29, 0.717) is 69.0 Å². The smallest absolute Gasteiger partial charge is 0.0594 e. The first-order valence-electron chi connectivity index (χ1n) is 28.9. The minimum atomic E-state index is -0.202. The van der Waals surface area contributed by atoms with Crippen LogP contribution in [0.15, 0.2) is 23.3 Å². The molecule has 3 N–H and O–H groups in total. The van der Waals surface area contributed by atoms with Gasteiger partial charge >= 0.3 is 0 Å². The average molecular weight is 930 g/mol. The number of rotatable bonds is 8. The topological polar surface area (TPSA) is 60.7 Å². The molecule has 0 saturated heterocycles.